The number of ether oxygens (including phenoxy) is 1. The van der Waals surface area contributed by atoms with E-state index in [2.05, 4.69) is 6.92 Å². The molecule has 0 unspecified atom stereocenters. The predicted molar refractivity (Wildman–Crippen MR) is 84.0 cm³/mol. The lowest BCUT2D eigenvalue weighted by Gasteiger charge is -2.25. The lowest BCUT2D eigenvalue weighted by Crippen LogP contribution is -2.44. The molecule has 21 heavy (non-hydrogen) atoms. The van der Waals surface area contributed by atoms with Crippen molar-refractivity contribution >= 4 is 12.0 Å². The number of cyclic esters (lactones) is 1. The van der Waals surface area contributed by atoms with Gasteiger partial charge in [0.25, 0.3) is 0 Å². The van der Waals surface area contributed by atoms with E-state index in [4.69, 9.17) is 4.74 Å². The summed E-state index contributed by atoms with van der Waals surface area (Å²) in [5, 5.41) is 0. The molecule has 4 nitrogen and oxygen atoms in total. The standard InChI is InChI=1S/C17H31NO3/c1-5-6-7-8-9-10-11-14(4)16(19)18-15(13(2)3)12-21-17(18)20/h13-15H,5-12H2,1-4H3/t14-,15+/m0/s1. The highest BCUT2D eigenvalue weighted by atomic mass is 16.6. The number of rotatable bonds is 9. The summed E-state index contributed by atoms with van der Waals surface area (Å²) in [6.45, 7) is 8.51. The third kappa shape index (κ3) is 5.33. The number of carbonyl (C=O) groups excluding carboxylic acids is 2. The van der Waals surface area contributed by atoms with E-state index < -0.39 is 6.09 Å². The maximum absolute atomic E-state index is 12.5. The quantitative estimate of drug-likeness (QED) is 0.593. The molecule has 0 aromatic rings. The fourth-order valence-electron chi connectivity index (χ4n) is 2.77. The van der Waals surface area contributed by atoms with E-state index in [9.17, 15) is 9.59 Å². The van der Waals surface area contributed by atoms with Crippen molar-refractivity contribution < 1.29 is 14.3 Å². The smallest absolute Gasteiger partial charge is 0.416 e. The van der Waals surface area contributed by atoms with Gasteiger partial charge in [0.2, 0.25) is 5.91 Å². The summed E-state index contributed by atoms with van der Waals surface area (Å²) in [7, 11) is 0. The van der Waals surface area contributed by atoms with Crippen LogP contribution in [0.4, 0.5) is 4.79 Å². The van der Waals surface area contributed by atoms with Crippen molar-refractivity contribution in [3.63, 3.8) is 0 Å². The first-order valence-electron chi connectivity index (χ1n) is 8.48. The van der Waals surface area contributed by atoms with Crippen LogP contribution in [0.1, 0.15) is 72.6 Å². The van der Waals surface area contributed by atoms with Gasteiger partial charge in [-0.2, -0.15) is 0 Å². The zero-order chi connectivity index (χ0) is 15.8. The maximum Gasteiger partial charge on any atom is 0.416 e. The highest BCUT2D eigenvalue weighted by molar-refractivity contribution is 5.94. The van der Waals surface area contributed by atoms with E-state index in [-0.39, 0.29) is 23.8 Å². The molecular weight excluding hydrogens is 266 g/mol. The number of nitrogens with zero attached hydrogens (tertiary/aromatic N) is 1. The molecule has 1 aliphatic rings. The molecule has 4 heteroatoms. The van der Waals surface area contributed by atoms with Crippen molar-refractivity contribution in [1.82, 2.24) is 4.90 Å². The summed E-state index contributed by atoms with van der Waals surface area (Å²) in [4.78, 5) is 25.6. The van der Waals surface area contributed by atoms with E-state index in [0.717, 1.165) is 12.8 Å². The SMILES string of the molecule is CCCCCCCC[C@H](C)C(=O)N1C(=O)OC[C@@H]1C(C)C. The number of hydrogen-bond donors (Lipinski definition) is 0. The predicted octanol–water partition coefficient (Wildman–Crippen LogP) is 4.38. The van der Waals surface area contributed by atoms with Gasteiger partial charge in [0.15, 0.2) is 0 Å². The van der Waals surface area contributed by atoms with Gasteiger partial charge in [0.1, 0.15) is 6.61 Å². The molecule has 0 radical (unpaired) electrons. The summed E-state index contributed by atoms with van der Waals surface area (Å²) in [6.07, 6.45) is 7.71. The maximum atomic E-state index is 12.5. The highest BCUT2D eigenvalue weighted by Crippen LogP contribution is 2.23. The molecule has 0 bridgehead atoms. The first-order valence-corrected chi connectivity index (χ1v) is 8.48. The minimum absolute atomic E-state index is 0.0650. The molecule has 0 aromatic carbocycles. The molecule has 0 aromatic heterocycles. The Morgan fingerprint density at radius 2 is 1.81 bits per heavy atom. The van der Waals surface area contributed by atoms with Crippen molar-refractivity contribution in [3.8, 4) is 0 Å². The van der Waals surface area contributed by atoms with Crippen molar-refractivity contribution in [1.29, 1.82) is 0 Å². The average molecular weight is 297 g/mol. The second-order valence-corrected chi connectivity index (χ2v) is 6.55. The van der Waals surface area contributed by atoms with Crippen LogP contribution in [0, 0.1) is 11.8 Å². The summed E-state index contributed by atoms with van der Waals surface area (Å²) in [6, 6.07) is -0.1000. The van der Waals surface area contributed by atoms with Crippen LogP contribution in [-0.2, 0) is 9.53 Å². The van der Waals surface area contributed by atoms with Crippen LogP contribution in [0.5, 0.6) is 0 Å². The molecular formula is C17H31NO3. The monoisotopic (exact) mass is 297 g/mol. The Labute approximate surface area is 129 Å². The molecule has 1 saturated heterocycles. The van der Waals surface area contributed by atoms with Crippen molar-refractivity contribution in [2.45, 2.75) is 78.7 Å². The van der Waals surface area contributed by atoms with E-state index in [1.165, 1.54) is 37.0 Å². The molecule has 1 fully saturated rings. The average Bonchev–Trinajstić information content (AvgIpc) is 2.83. The van der Waals surface area contributed by atoms with Crippen molar-refractivity contribution in [2.24, 2.45) is 11.8 Å². The van der Waals surface area contributed by atoms with Crippen molar-refractivity contribution in [2.75, 3.05) is 6.61 Å². The Morgan fingerprint density at radius 3 is 2.43 bits per heavy atom. The first kappa shape index (κ1) is 18.0. The number of hydrogen-bond acceptors (Lipinski definition) is 3. The van der Waals surface area contributed by atoms with E-state index in [1.807, 2.05) is 20.8 Å². The van der Waals surface area contributed by atoms with Gasteiger partial charge in [-0.1, -0.05) is 66.2 Å². The van der Waals surface area contributed by atoms with E-state index in [1.54, 1.807) is 0 Å². The summed E-state index contributed by atoms with van der Waals surface area (Å²) >= 11 is 0. The lowest BCUT2D eigenvalue weighted by atomic mass is 9.98. The van der Waals surface area contributed by atoms with Crippen molar-refractivity contribution in [3.05, 3.63) is 0 Å². The van der Waals surface area contributed by atoms with Gasteiger partial charge >= 0.3 is 6.09 Å². The number of unbranched alkanes of at least 4 members (excludes halogenated alkanes) is 5. The lowest BCUT2D eigenvalue weighted by molar-refractivity contribution is -0.133. The summed E-state index contributed by atoms with van der Waals surface area (Å²) in [5.74, 6) is 0.0782. The highest BCUT2D eigenvalue weighted by Gasteiger charge is 2.40. The van der Waals surface area contributed by atoms with Gasteiger partial charge < -0.3 is 4.74 Å². The molecule has 0 N–H and O–H groups in total. The molecule has 1 rings (SSSR count). The van der Waals surface area contributed by atoms with Gasteiger partial charge in [0, 0.05) is 5.92 Å². The van der Waals surface area contributed by atoms with Crippen LogP contribution in [0.2, 0.25) is 0 Å². The number of imide groups is 1. The van der Waals surface area contributed by atoms with Gasteiger partial charge in [0.05, 0.1) is 6.04 Å². The second-order valence-electron chi connectivity index (χ2n) is 6.55. The molecule has 0 aliphatic carbocycles. The van der Waals surface area contributed by atoms with Crippen LogP contribution in [-0.4, -0.2) is 29.5 Å². The minimum atomic E-state index is -0.464. The fraction of sp³-hybridized carbons (Fsp3) is 0.882. The molecule has 2 amide bonds. The summed E-state index contributed by atoms with van der Waals surface area (Å²) < 4.78 is 5.05. The molecule has 1 aliphatic heterocycles. The number of carbonyl (C=O) groups is 2. The van der Waals surface area contributed by atoms with Gasteiger partial charge in [-0.3, -0.25) is 4.79 Å². The third-order valence-corrected chi connectivity index (χ3v) is 4.33. The largest absolute Gasteiger partial charge is 0.447 e. The van der Waals surface area contributed by atoms with Crippen LogP contribution < -0.4 is 0 Å². The van der Waals surface area contributed by atoms with Gasteiger partial charge in [-0.25, -0.2) is 9.69 Å². The van der Waals surface area contributed by atoms with Gasteiger partial charge in [-0.05, 0) is 12.3 Å². The zero-order valence-electron chi connectivity index (χ0n) is 14.1. The normalized spacial score (nSPS) is 20.0. The fourth-order valence-corrected chi connectivity index (χ4v) is 2.77. The first-order chi connectivity index (χ1) is 9.99. The Bertz CT molecular complexity index is 341. The van der Waals surface area contributed by atoms with Gasteiger partial charge in [-0.15, -0.1) is 0 Å². The van der Waals surface area contributed by atoms with Crippen LogP contribution in [0.15, 0.2) is 0 Å². The molecule has 1 heterocycles. The molecule has 0 saturated carbocycles. The summed E-state index contributed by atoms with van der Waals surface area (Å²) in [5.41, 5.74) is 0. The zero-order valence-corrected chi connectivity index (χ0v) is 14.1. The molecule has 2 atom stereocenters. The Balaban J connectivity index is 2.37. The molecule has 0 spiro atoms. The third-order valence-electron chi connectivity index (χ3n) is 4.33. The minimum Gasteiger partial charge on any atom is -0.447 e. The Kier molecular flexibility index (Phi) is 7.76. The van der Waals surface area contributed by atoms with Crippen LogP contribution >= 0.6 is 0 Å². The Morgan fingerprint density at radius 1 is 1.19 bits per heavy atom. The van der Waals surface area contributed by atoms with Crippen LogP contribution in [0.3, 0.4) is 0 Å². The van der Waals surface area contributed by atoms with E-state index >= 15 is 0 Å². The van der Waals surface area contributed by atoms with Crippen LogP contribution in [0.25, 0.3) is 0 Å². The Hall–Kier alpha value is -1.06. The number of amides is 2. The topological polar surface area (TPSA) is 46.6 Å². The van der Waals surface area contributed by atoms with E-state index in [0.29, 0.717) is 6.61 Å². The second kappa shape index (κ2) is 9.06. The molecule has 122 valence electrons.